The lowest BCUT2D eigenvalue weighted by Crippen LogP contribution is -2.26. The fourth-order valence-electron chi connectivity index (χ4n) is 2.24. The number of hydrogen-bond donors (Lipinski definition) is 0. The van der Waals surface area contributed by atoms with E-state index in [1.165, 1.54) is 32.4 Å². The van der Waals surface area contributed by atoms with Gasteiger partial charge in [0.1, 0.15) is 6.61 Å². The van der Waals surface area contributed by atoms with E-state index in [0.717, 1.165) is 16.7 Å². The van der Waals surface area contributed by atoms with E-state index in [1.54, 1.807) is 0 Å². The molecule has 0 spiro atoms. The van der Waals surface area contributed by atoms with Crippen molar-refractivity contribution in [2.24, 2.45) is 0 Å². The Bertz CT molecular complexity index is 927. The van der Waals surface area contributed by atoms with Crippen LogP contribution in [0.3, 0.4) is 0 Å². The predicted molar refractivity (Wildman–Crippen MR) is 98.4 cm³/mol. The molecule has 0 radical (unpaired) electrons. The molecule has 8 heteroatoms. The van der Waals surface area contributed by atoms with E-state index in [9.17, 15) is 13.2 Å². The average Bonchev–Trinajstić information content (AvgIpc) is 2.61. The summed E-state index contributed by atoms with van der Waals surface area (Å²) in [5, 5.41) is 0.106. The van der Waals surface area contributed by atoms with Crippen molar-refractivity contribution in [2.45, 2.75) is 25.3 Å². The van der Waals surface area contributed by atoms with Gasteiger partial charge in [0.05, 0.1) is 22.6 Å². The number of halogens is 1. The molecule has 0 bridgehead atoms. The van der Waals surface area contributed by atoms with Gasteiger partial charge in [-0.2, -0.15) is 0 Å². The molecule has 0 amide bonds. The zero-order valence-electron chi connectivity index (χ0n) is 14.9. The molecule has 6 nitrogen and oxygen atoms in total. The number of hydrogen-bond acceptors (Lipinski definition) is 5. The minimum Gasteiger partial charge on any atom is -0.457 e. The first-order chi connectivity index (χ1) is 12.2. The Balaban J connectivity index is 2.26. The van der Waals surface area contributed by atoms with Crippen LogP contribution in [0.4, 0.5) is 0 Å². The van der Waals surface area contributed by atoms with Gasteiger partial charge in [-0.1, -0.05) is 39.8 Å². The minimum atomic E-state index is -3.90. The Hall–Kier alpha value is -1.93. The molecular formula is C18H20ClNO5S. The van der Waals surface area contributed by atoms with Gasteiger partial charge >= 0.3 is 5.97 Å². The summed E-state index contributed by atoms with van der Waals surface area (Å²) in [6.45, 7) is 3.93. The maximum atomic E-state index is 12.4. The van der Waals surface area contributed by atoms with Crippen LogP contribution in [0.2, 0.25) is 5.02 Å². The van der Waals surface area contributed by atoms with Gasteiger partial charge in [-0.3, -0.25) is 4.84 Å². The van der Waals surface area contributed by atoms with Gasteiger partial charge < -0.3 is 4.74 Å². The number of rotatable bonds is 6. The molecule has 2 aromatic carbocycles. The SMILES string of the molecule is CON(C)S(=O)(=O)c1ccc(Cl)c(C(=O)OCc2cc(C)ccc2C)c1. The quantitative estimate of drug-likeness (QED) is 0.551. The Morgan fingerprint density at radius 1 is 1.15 bits per heavy atom. The van der Waals surface area contributed by atoms with E-state index in [1.807, 2.05) is 32.0 Å². The number of aryl methyl sites for hydroxylation is 2. The molecule has 0 N–H and O–H groups in total. The van der Waals surface area contributed by atoms with E-state index in [4.69, 9.17) is 21.2 Å². The summed E-state index contributed by atoms with van der Waals surface area (Å²) in [6.07, 6.45) is 0. The topological polar surface area (TPSA) is 72.9 Å². The molecule has 0 aromatic heterocycles. The highest BCUT2D eigenvalue weighted by Crippen LogP contribution is 2.24. The van der Waals surface area contributed by atoms with Crippen LogP contribution >= 0.6 is 11.6 Å². The number of ether oxygens (including phenoxy) is 1. The lowest BCUT2D eigenvalue weighted by atomic mass is 10.1. The fourth-order valence-corrected chi connectivity index (χ4v) is 3.44. The van der Waals surface area contributed by atoms with Crippen molar-refractivity contribution in [3.63, 3.8) is 0 Å². The highest BCUT2D eigenvalue weighted by molar-refractivity contribution is 7.89. The van der Waals surface area contributed by atoms with Crippen molar-refractivity contribution in [1.82, 2.24) is 4.47 Å². The Kier molecular flexibility index (Phi) is 6.41. The standard InChI is InChI=1S/C18H20ClNO5S/c1-12-5-6-13(2)14(9-12)11-25-18(21)16-10-15(7-8-17(16)19)26(22,23)20(3)24-4/h5-10H,11H2,1-4H3. The van der Waals surface area contributed by atoms with Crippen molar-refractivity contribution in [2.75, 3.05) is 14.2 Å². The molecule has 0 fully saturated rings. The average molecular weight is 398 g/mol. The van der Waals surface area contributed by atoms with Crippen LogP contribution in [-0.2, 0) is 26.2 Å². The van der Waals surface area contributed by atoms with Crippen LogP contribution in [0, 0.1) is 13.8 Å². The van der Waals surface area contributed by atoms with Crippen LogP contribution < -0.4 is 0 Å². The van der Waals surface area contributed by atoms with Crippen LogP contribution in [0.1, 0.15) is 27.0 Å². The monoisotopic (exact) mass is 397 g/mol. The molecule has 0 aliphatic carbocycles. The smallest absolute Gasteiger partial charge is 0.340 e. The molecule has 26 heavy (non-hydrogen) atoms. The van der Waals surface area contributed by atoms with E-state index in [-0.39, 0.29) is 22.1 Å². The van der Waals surface area contributed by atoms with Crippen molar-refractivity contribution in [3.8, 4) is 0 Å². The Morgan fingerprint density at radius 2 is 1.85 bits per heavy atom. The zero-order chi connectivity index (χ0) is 19.5. The Labute approximate surface area is 158 Å². The van der Waals surface area contributed by atoms with Gasteiger partial charge in [0.25, 0.3) is 10.0 Å². The van der Waals surface area contributed by atoms with Gasteiger partial charge in [-0.05, 0) is 43.2 Å². The van der Waals surface area contributed by atoms with Gasteiger partial charge in [0, 0.05) is 7.05 Å². The van der Waals surface area contributed by atoms with E-state index >= 15 is 0 Å². The largest absolute Gasteiger partial charge is 0.457 e. The third-order valence-electron chi connectivity index (χ3n) is 3.91. The summed E-state index contributed by atoms with van der Waals surface area (Å²) in [7, 11) is -1.42. The summed E-state index contributed by atoms with van der Waals surface area (Å²) in [6, 6.07) is 9.66. The van der Waals surface area contributed by atoms with Crippen LogP contribution in [0.15, 0.2) is 41.3 Å². The third-order valence-corrected chi connectivity index (χ3v) is 5.92. The number of esters is 1. The summed E-state index contributed by atoms with van der Waals surface area (Å²) < 4.78 is 30.7. The van der Waals surface area contributed by atoms with E-state index < -0.39 is 16.0 Å². The highest BCUT2D eigenvalue weighted by atomic mass is 35.5. The van der Waals surface area contributed by atoms with Crippen LogP contribution in [-0.4, -0.2) is 33.0 Å². The predicted octanol–water partition coefficient (Wildman–Crippen LogP) is 3.50. The molecule has 2 aromatic rings. The molecule has 0 aliphatic rings. The summed E-state index contributed by atoms with van der Waals surface area (Å²) in [5.41, 5.74) is 2.89. The number of sulfonamides is 1. The second kappa shape index (κ2) is 8.18. The second-order valence-electron chi connectivity index (χ2n) is 5.75. The molecular weight excluding hydrogens is 378 g/mol. The summed E-state index contributed by atoms with van der Waals surface area (Å²) in [4.78, 5) is 17.0. The van der Waals surface area contributed by atoms with Crippen molar-refractivity contribution < 1.29 is 22.8 Å². The number of hydroxylamine groups is 1. The minimum absolute atomic E-state index is 0.0254. The molecule has 0 heterocycles. The second-order valence-corrected chi connectivity index (χ2v) is 8.09. The number of nitrogens with zero attached hydrogens (tertiary/aromatic N) is 1. The maximum Gasteiger partial charge on any atom is 0.340 e. The number of carbonyl (C=O) groups is 1. The molecule has 0 saturated heterocycles. The molecule has 140 valence electrons. The first kappa shape index (κ1) is 20.4. The third kappa shape index (κ3) is 4.42. The van der Waals surface area contributed by atoms with Crippen molar-refractivity contribution >= 4 is 27.6 Å². The summed E-state index contributed by atoms with van der Waals surface area (Å²) >= 11 is 6.05. The van der Waals surface area contributed by atoms with E-state index in [2.05, 4.69) is 0 Å². The molecule has 2 rings (SSSR count). The molecule has 0 saturated carbocycles. The summed E-state index contributed by atoms with van der Waals surface area (Å²) in [5.74, 6) is -0.701. The van der Waals surface area contributed by atoms with Gasteiger partial charge in [-0.25, -0.2) is 13.2 Å². The van der Waals surface area contributed by atoms with Gasteiger partial charge in [0.15, 0.2) is 0 Å². The van der Waals surface area contributed by atoms with Gasteiger partial charge in [0.2, 0.25) is 0 Å². The molecule has 0 unspecified atom stereocenters. The maximum absolute atomic E-state index is 12.4. The molecule has 0 atom stereocenters. The van der Waals surface area contributed by atoms with Crippen molar-refractivity contribution in [1.29, 1.82) is 0 Å². The van der Waals surface area contributed by atoms with Crippen molar-refractivity contribution in [3.05, 3.63) is 63.7 Å². The number of carbonyl (C=O) groups excluding carboxylic acids is 1. The highest BCUT2D eigenvalue weighted by Gasteiger charge is 2.24. The zero-order valence-corrected chi connectivity index (χ0v) is 16.5. The van der Waals surface area contributed by atoms with E-state index in [0.29, 0.717) is 4.47 Å². The fraction of sp³-hybridized carbons (Fsp3) is 0.278. The van der Waals surface area contributed by atoms with Crippen LogP contribution in [0.5, 0.6) is 0 Å². The lowest BCUT2D eigenvalue weighted by Gasteiger charge is -2.15. The molecule has 0 aliphatic heterocycles. The normalized spacial score (nSPS) is 11.6. The van der Waals surface area contributed by atoms with Gasteiger partial charge in [-0.15, -0.1) is 0 Å². The number of benzene rings is 2. The van der Waals surface area contributed by atoms with Crippen LogP contribution in [0.25, 0.3) is 0 Å². The Morgan fingerprint density at radius 3 is 2.50 bits per heavy atom. The first-order valence-corrected chi connectivity index (χ1v) is 9.54. The lowest BCUT2D eigenvalue weighted by molar-refractivity contribution is -0.0258. The first-order valence-electron chi connectivity index (χ1n) is 7.72.